The van der Waals surface area contributed by atoms with Crippen molar-refractivity contribution in [3.63, 3.8) is 0 Å². The van der Waals surface area contributed by atoms with Gasteiger partial charge in [-0.2, -0.15) is 0 Å². The number of piperazine rings is 1. The van der Waals surface area contributed by atoms with Crippen molar-refractivity contribution in [3.8, 4) is 0 Å². The smallest absolute Gasteiger partial charge is 0.313 e. The van der Waals surface area contributed by atoms with E-state index in [1.165, 1.54) is 12.1 Å². The van der Waals surface area contributed by atoms with Crippen LogP contribution in [0.3, 0.4) is 0 Å². The van der Waals surface area contributed by atoms with Crippen molar-refractivity contribution >= 4 is 23.2 Å². The zero-order chi connectivity index (χ0) is 24.8. The van der Waals surface area contributed by atoms with Crippen LogP contribution >= 0.6 is 0 Å². The van der Waals surface area contributed by atoms with Gasteiger partial charge < -0.3 is 15.5 Å². The van der Waals surface area contributed by atoms with Gasteiger partial charge in [0.15, 0.2) is 0 Å². The van der Waals surface area contributed by atoms with Gasteiger partial charge in [-0.15, -0.1) is 0 Å². The maximum absolute atomic E-state index is 13.8. The lowest BCUT2D eigenvalue weighted by Crippen LogP contribution is -2.50. The fourth-order valence-corrected chi connectivity index (χ4v) is 4.01. The number of nitrogens with one attached hydrogen (secondary N) is 2. The minimum atomic E-state index is -1.05. The number of carbonyl (C=O) groups is 2. The Morgan fingerprint density at radius 1 is 0.914 bits per heavy atom. The fraction of sp³-hybridized carbons (Fsp3) is 0.240. The normalized spacial score (nSPS) is 14.9. The van der Waals surface area contributed by atoms with Crippen molar-refractivity contribution < 1.29 is 22.8 Å². The minimum absolute atomic E-state index is 0.125. The van der Waals surface area contributed by atoms with Crippen LogP contribution in [-0.2, 0) is 9.59 Å². The fourth-order valence-electron chi connectivity index (χ4n) is 4.01. The van der Waals surface area contributed by atoms with Gasteiger partial charge in [0.05, 0.1) is 11.7 Å². The van der Waals surface area contributed by atoms with E-state index in [9.17, 15) is 22.8 Å². The predicted molar refractivity (Wildman–Crippen MR) is 125 cm³/mol. The van der Waals surface area contributed by atoms with E-state index in [-0.39, 0.29) is 24.1 Å². The van der Waals surface area contributed by atoms with E-state index in [1.54, 1.807) is 30.6 Å². The van der Waals surface area contributed by atoms with Gasteiger partial charge in [0, 0.05) is 56.9 Å². The Bertz CT molecular complexity index is 1170. The van der Waals surface area contributed by atoms with Gasteiger partial charge in [-0.25, -0.2) is 13.2 Å². The average Bonchev–Trinajstić information content (AvgIpc) is 2.87. The minimum Gasteiger partial charge on any atom is -0.369 e. The molecule has 2 heterocycles. The molecular weight excluding hydrogens is 459 g/mol. The van der Waals surface area contributed by atoms with Crippen LogP contribution in [0, 0.1) is 17.5 Å². The lowest BCUT2D eigenvalue weighted by molar-refractivity contribution is -0.136. The lowest BCUT2D eigenvalue weighted by Gasteiger charge is -2.40. The molecule has 0 aliphatic carbocycles. The first-order chi connectivity index (χ1) is 16.9. The van der Waals surface area contributed by atoms with E-state index >= 15 is 0 Å². The second-order valence-electron chi connectivity index (χ2n) is 8.09. The maximum atomic E-state index is 13.8. The SMILES string of the molecule is O=C(NC[C@H](c1cccnc1)N1CCN(c2ccc(F)cc2)CC1)C(=O)Nc1ccc(F)cc1F. The van der Waals surface area contributed by atoms with Crippen molar-refractivity contribution in [2.75, 3.05) is 42.9 Å². The second kappa shape index (κ2) is 11.0. The number of rotatable bonds is 6. The number of aromatic nitrogens is 1. The average molecular weight is 483 g/mol. The summed E-state index contributed by atoms with van der Waals surface area (Å²) in [5.74, 6) is -4.04. The molecular formula is C25H24F3N5O2. The van der Waals surface area contributed by atoms with E-state index in [0.29, 0.717) is 32.2 Å². The summed E-state index contributed by atoms with van der Waals surface area (Å²) >= 11 is 0. The molecule has 1 aliphatic heterocycles. The van der Waals surface area contributed by atoms with E-state index in [4.69, 9.17) is 0 Å². The molecule has 2 aromatic carbocycles. The molecule has 1 fully saturated rings. The molecule has 182 valence electrons. The summed E-state index contributed by atoms with van der Waals surface area (Å²) < 4.78 is 40.1. The number of amides is 2. The highest BCUT2D eigenvalue weighted by Gasteiger charge is 2.27. The molecule has 2 N–H and O–H groups in total. The molecule has 35 heavy (non-hydrogen) atoms. The van der Waals surface area contributed by atoms with Crippen LogP contribution in [0.2, 0.25) is 0 Å². The molecule has 1 aromatic heterocycles. The third kappa shape index (κ3) is 6.15. The Morgan fingerprint density at radius 3 is 2.29 bits per heavy atom. The highest BCUT2D eigenvalue weighted by Crippen LogP contribution is 2.24. The number of nitrogens with zero attached hydrogens (tertiary/aromatic N) is 3. The standard InChI is InChI=1S/C25H24F3N5O2/c26-18-3-6-20(7-4-18)32-10-12-33(13-11-32)23(17-2-1-9-29-15-17)16-30-24(34)25(35)31-22-8-5-19(27)14-21(22)28/h1-9,14-15,23H,10-13,16H2,(H,30,34)(H,31,35)/t23-/m1/s1. The summed E-state index contributed by atoms with van der Waals surface area (Å²) in [5.41, 5.74) is 1.52. The van der Waals surface area contributed by atoms with E-state index < -0.39 is 23.4 Å². The van der Waals surface area contributed by atoms with Gasteiger partial charge >= 0.3 is 11.8 Å². The van der Waals surface area contributed by atoms with Crippen LogP contribution in [0.4, 0.5) is 24.5 Å². The first-order valence-corrected chi connectivity index (χ1v) is 11.1. The molecule has 1 saturated heterocycles. The van der Waals surface area contributed by atoms with E-state index in [0.717, 1.165) is 23.4 Å². The summed E-state index contributed by atoms with van der Waals surface area (Å²) in [5, 5.41) is 4.76. The van der Waals surface area contributed by atoms with E-state index in [2.05, 4.69) is 25.4 Å². The molecule has 3 aromatic rings. The van der Waals surface area contributed by atoms with Crippen molar-refractivity contribution in [3.05, 3.63) is 90.0 Å². The van der Waals surface area contributed by atoms with Crippen LogP contribution in [0.5, 0.6) is 0 Å². The highest BCUT2D eigenvalue weighted by atomic mass is 19.1. The number of benzene rings is 2. The third-order valence-corrected chi connectivity index (χ3v) is 5.86. The number of anilines is 2. The predicted octanol–water partition coefficient (Wildman–Crippen LogP) is 3.12. The molecule has 4 rings (SSSR count). The Balaban J connectivity index is 1.39. The number of hydrogen-bond donors (Lipinski definition) is 2. The molecule has 0 saturated carbocycles. The molecule has 1 aliphatic rings. The van der Waals surface area contributed by atoms with Crippen LogP contribution in [-0.4, -0.2) is 54.4 Å². The van der Waals surface area contributed by atoms with Crippen molar-refractivity contribution in [2.45, 2.75) is 6.04 Å². The van der Waals surface area contributed by atoms with E-state index in [1.807, 2.05) is 6.07 Å². The van der Waals surface area contributed by atoms with Gasteiger partial charge in [-0.3, -0.25) is 19.5 Å². The Kier molecular flexibility index (Phi) is 7.61. The molecule has 1 atom stereocenters. The second-order valence-corrected chi connectivity index (χ2v) is 8.09. The van der Waals surface area contributed by atoms with Crippen molar-refractivity contribution in [1.29, 1.82) is 0 Å². The van der Waals surface area contributed by atoms with Gasteiger partial charge in [-0.1, -0.05) is 6.07 Å². The number of pyridine rings is 1. The molecule has 10 heteroatoms. The molecule has 0 bridgehead atoms. The summed E-state index contributed by atoms with van der Waals surface area (Å²) in [6.07, 6.45) is 3.35. The van der Waals surface area contributed by atoms with Crippen LogP contribution in [0.25, 0.3) is 0 Å². The number of halogens is 3. The first-order valence-electron chi connectivity index (χ1n) is 11.1. The van der Waals surface area contributed by atoms with Crippen molar-refractivity contribution in [1.82, 2.24) is 15.2 Å². The van der Waals surface area contributed by atoms with Crippen molar-refractivity contribution in [2.24, 2.45) is 0 Å². The largest absolute Gasteiger partial charge is 0.369 e. The topological polar surface area (TPSA) is 77.6 Å². The molecule has 0 unspecified atom stereocenters. The summed E-state index contributed by atoms with van der Waals surface area (Å²) in [7, 11) is 0. The maximum Gasteiger partial charge on any atom is 0.313 e. The number of hydrogen-bond acceptors (Lipinski definition) is 5. The van der Waals surface area contributed by atoms with Crippen LogP contribution < -0.4 is 15.5 Å². The molecule has 0 spiro atoms. The van der Waals surface area contributed by atoms with Crippen LogP contribution in [0.1, 0.15) is 11.6 Å². The quantitative estimate of drug-likeness (QED) is 0.527. The third-order valence-electron chi connectivity index (χ3n) is 5.86. The summed E-state index contributed by atoms with van der Waals surface area (Å²) in [4.78, 5) is 33.2. The van der Waals surface area contributed by atoms with Gasteiger partial charge in [0.25, 0.3) is 0 Å². The first kappa shape index (κ1) is 24.2. The Labute approximate surface area is 200 Å². The van der Waals surface area contributed by atoms with Gasteiger partial charge in [0.1, 0.15) is 17.5 Å². The van der Waals surface area contributed by atoms with Crippen LogP contribution in [0.15, 0.2) is 67.0 Å². The zero-order valence-electron chi connectivity index (χ0n) is 18.8. The number of carbonyl (C=O) groups excluding carboxylic acids is 2. The Hall–Kier alpha value is -3.92. The van der Waals surface area contributed by atoms with Gasteiger partial charge in [0.2, 0.25) is 0 Å². The molecule has 2 amide bonds. The lowest BCUT2D eigenvalue weighted by atomic mass is 10.1. The Morgan fingerprint density at radius 2 is 1.63 bits per heavy atom. The summed E-state index contributed by atoms with van der Waals surface area (Å²) in [6.45, 7) is 2.85. The molecule has 0 radical (unpaired) electrons. The highest BCUT2D eigenvalue weighted by molar-refractivity contribution is 6.39. The monoisotopic (exact) mass is 483 g/mol. The van der Waals surface area contributed by atoms with Gasteiger partial charge in [-0.05, 0) is 48.0 Å². The molecule has 7 nitrogen and oxygen atoms in total. The zero-order valence-corrected chi connectivity index (χ0v) is 18.8. The summed E-state index contributed by atoms with van der Waals surface area (Å²) in [6, 6.07) is 12.4.